The number of nitrogens with zero attached hydrogens (tertiary/aromatic N) is 2. The van der Waals surface area contributed by atoms with E-state index in [0.717, 1.165) is 19.4 Å². The van der Waals surface area contributed by atoms with Gasteiger partial charge in [-0.2, -0.15) is 5.10 Å². The molecular formula is C18H25N3. The third-order valence-corrected chi connectivity index (χ3v) is 4.78. The molecule has 0 bridgehead atoms. The average molecular weight is 283 g/mol. The molecule has 1 saturated carbocycles. The lowest BCUT2D eigenvalue weighted by Crippen LogP contribution is -2.44. The van der Waals surface area contributed by atoms with Crippen molar-refractivity contribution in [3.8, 4) is 0 Å². The number of aromatic nitrogens is 2. The predicted octanol–water partition coefficient (Wildman–Crippen LogP) is 3.80. The largest absolute Gasteiger partial charge is 0.321 e. The Morgan fingerprint density at radius 2 is 2.10 bits per heavy atom. The summed E-state index contributed by atoms with van der Waals surface area (Å²) >= 11 is 0. The number of nitrogens with two attached hydrogens (primary N) is 1. The summed E-state index contributed by atoms with van der Waals surface area (Å²) in [6.45, 7) is 3.14. The van der Waals surface area contributed by atoms with Crippen molar-refractivity contribution in [2.24, 2.45) is 5.73 Å². The molecule has 1 aromatic heterocycles. The van der Waals surface area contributed by atoms with Gasteiger partial charge in [0.1, 0.15) is 0 Å². The first-order valence-corrected chi connectivity index (χ1v) is 8.11. The minimum Gasteiger partial charge on any atom is -0.321 e. The molecule has 0 aliphatic heterocycles. The molecule has 112 valence electrons. The summed E-state index contributed by atoms with van der Waals surface area (Å²) in [5, 5.41) is 4.49. The number of benzene rings is 1. The molecule has 1 aliphatic carbocycles. The molecule has 1 aromatic carbocycles. The molecule has 3 nitrogen and oxygen atoms in total. The molecule has 0 radical (unpaired) electrons. The fourth-order valence-corrected chi connectivity index (χ4v) is 3.65. The van der Waals surface area contributed by atoms with Gasteiger partial charge in [-0.3, -0.25) is 4.68 Å². The van der Waals surface area contributed by atoms with E-state index in [1.807, 2.05) is 10.9 Å². The highest BCUT2D eigenvalue weighted by atomic mass is 15.3. The maximum absolute atomic E-state index is 6.91. The van der Waals surface area contributed by atoms with Gasteiger partial charge >= 0.3 is 0 Å². The van der Waals surface area contributed by atoms with Crippen molar-refractivity contribution < 1.29 is 0 Å². The van der Waals surface area contributed by atoms with Crippen LogP contribution in [0.15, 0.2) is 42.7 Å². The van der Waals surface area contributed by atoms with Crippen LogP contribution in [0.3, 0.4) is 0 Å². The first-order valence-electron chi connectivity index (χ1n) is 8.11. The van der Waals surface area contributed by atoms with Gasteiger partial charge in [-0.15, -0.1) is 0 Å². The lowest BCUT2D eigenvalue weighted by Gasteiger charge is -2.41. The van der Waals surface area contributed by atoms with E-state index in [9.17, 15) is 0 Å². The van der Waals surface area contributed by atoms with Crippen LogP contribution in [0.4, 0.5) is 0 Å². The molecule has 21 heavy (non-hydrogen) atoms. The molecule has 2 N–H and O–H groups in total. The Morgan fingerprint density at radius 1 is 1.29 bits per heavy atom. The van der Waals surface area contributed by atoms with Crippen molar-refractivity contribution in [2.75, 3.05) is 0 Å². The van der Waals surface area contributed by atoms with E-state index >= 15 is 0 Å². The zero-order chi connectivity index (χ0) is 14.7. The summed E-state index contributed by atoms with van der Waals surface area (Å²) < 4.78 is 2.03. The molecule has 1 fully saturated rings. The number of hydrogen-bond acceptors (Lipinski definition) is 2. The van der Waals surface area contributed by atoms with Gasteiger partial charge in [0.05, 0.1) is 11.7 Å². The predicted molar refractivity (Wildman–Crippen MR) is 86.0 cm³/mol. The topological polar surface area (TPSA) is 43.8 Å². The standard InChI is InChI=1S/C18H25N3/c1-2-12-21-14-16(13-20-21)18(19)11-7-6-10-17(18)15-8-4-3-5-9-15/h3-5,8-9,13-14,17H,2,6-7,10-12,19H2,1H3. The highest BCUT2D eigenvalue weighted by Crippen LogP contribution is 2.45. The summed E-state index contributed by atoms with van der Waals surface area (Å²) in [4.78, 5) is 0. The van der Waals surface area contributed by atoms with Crippen molar-refractivity contribution >= 4 is 0 Å². The van der Waals surface area contributed by atoms with E-state index in [1.165, 1.54) is 30.4 Å². The van der Waals surface area contributed by atoms with Crippen molar-refractivity contribution in [3.63, 3.8) is 0 Å². The van der Waals surface area contributed by atoms with Crippen LogP contribution in [0, 0.1) is 0 Å². The van der Waals surface area contributed by atoms with Gasteiger partial charge in [0, 0.05) is 24.2 Å². The van der Waals surface area contributed by atoms with E-state index in [2.05, 4.69) is 48.6 Å². The Balaban J connectivity index is 1.94. The first-order chi connectivity index (χ1) is 10.2. The number of aryl methyl sites for hydroxylation is 1. The molecule has 1 heterocycles. The molecule has 3 rings (SSSR count). The van der Waals surface area contributed by atoms with Crippen LogP contribution in [0.1, 0.15) is 56.1 Å². The Morgan fingerprint density at radius 3 is 2.86 bits per heavy atom. The highest BCUT2D eigenvalue weighted by molar-refractivity contribution is 5.31. The smallest absolute Gasteiger partial charge is 0.0540 e. The highest BCUT2D eigenvalue weighted by Gasteiger charge is 2.40. The Bertz CT molecular complexity index is 575. The quantitative estimate of drug-likeness (QED) is 0.927. The molecule has 2 unspecified atom stereocenters. The second-order valence-electron chi connectivity index (χ2n) is 6.24. The second-order valence-corrected chi connectivity index (χ2v) is 6.24. The molecule has 2 atom stereocenters. The van der Waals surface area contributed by atoms with Gasteiger partial charge < -0.3 is 5.73 Å². The third-order valence-electron chi connectivity index (χ3n) is 4.78. The van der Waals surface area contributed by atoms with Crippen LogP contribution in [0.5, 0.6) is 0 Å². The third kappa shape index (κ3) is 2.75. The zero-order valence-corrected chi connectivity index (χ0v) is 12.8. The average Bonchev–Trinajstić information content (AvgIpc) is 2.98. The van der Waals surface area contributed by atoms with Gasteiger partial charge in [0.15, 0.2) is 0 Å². The minimum absolute atomic E-state index is 0.272. The summed E-state index contributed by atoms with van der Waals surface area (Å²) in [5.74, 6) is 0.395. The fraction of sp³-hybridized carbons (Fsp3) is 0.500. The molecular weight excluding hydrogens is 258 g/mol. The van der Waals surface area contributed by atoms with Crippen LogP contribution >= 0.6 is 0 Å². The maximum Gasteiger partial charge on any atom is 0.0540 e. The van der Waals surface area contributed by atoms with Crippen LogP contribution in [0.2, 0.25) is 0 Å². The molecule has 0 spiro atoms. The lowest BCUT2D eigenvalue weighted by atomic mass is 9.67. The van der Waals surface area contributed by atoms with Crippen molar-refractivity contribution in [2.45, 2.75) is 57.0 Å². The van der Waals surface area contributed by atoms with E-state index in [0.29, 0.717) is 5.92 Å². The second kappa shape index (κ2) is 6.02. The van der Waals surface area contributed by atoms with E-state index in [-0.39, 0.29) is 5.54 Å². The summed E-state index contributed by atoms with van der Waals surface area (Å²) in [7, 11) is 0. The number of rotatable bonds is 4. The van der Waals surface area contributed by atoms with Gasteiger partial charge in [-0.1, -0.05) is 50.1 Å². The van der Waals surface area contributed by atoms with Crippen LogP contribution in [0.25, 0.3) is 0 Å². The molecule has 0 saturated heterocycles. The van der Waals surface area contributed by atoms with E-state index in [1.54, 1.807) is 0 Å². The molecule has 3 heteroatoms. The summed E-state index contributed by atoms with van der Waals surface area (Å²) in [6, 6.07) is 10.7. The monoisotopic (exact) mass is 283 g/mol. The zero-order valence-electron chi connectivity index (χ0n) is 12.8. The van der Waals surface area contributed by atoms with Gasteiger partial charge in [0.25, 0.3) is 0 Å². The SMILES string of the molecule is CCCn1cc(C2(N)CCCCC2c2ccccc2)cn1. The van der Waals surface area contributed by atoms with E-state index < -0.39 is 0 Å². The first kappa shape index (κ1) is 14.3. The maximum atomic E-state index is 6.91. The molecule has 1 aliphatic rings. The Labute approximate surface area is 127 Å². The Hall–Kier alpha value is -1.61. The number of hydrogen-bond donors (Lipinski definition) is 1. The van der Waals surface area contributed by atoms with Crippen LogP contribution < -0.4 is 5.73 Å². The van der Waals surface area contributed by atoms with Gasteiger partial charge in [-0.05, 0) is 24.8 Å². The minimum atomic E-state index is -0.272. The summed E-state index contributed by atoms with van der Waals surface area (Å²) in [5.41, 5.74) is 9.20. The molecule has 0 amide bonds. The lowest BCUT2D eigenvalue weighted by molar-refractivity contribution is 0.254. The fourth-order valence-electron chi connectivity index (χ4n) is 3.65. The van der Waals surface area contributed by atoms with Crippen LogP contribution in [-0.4, -0.2) is 9.78 Å². The van der Waals surface area contributed by atoms with Crippen molar-refractivity contribution in [1.29, 1.82) is 0 Å². The Kier molecular flexibility index (Phi) is 4.11. The van der Waals surface area contributed by atoms with Crippen molar-refractivity contribution in [1.82, 2.24) is 9.78 Å². The van der Waals surface area contributed by atoms with Gasteiger partial charge in [0.2, 0.25) is 0 Å². The molecule has 2 aromatic rings. The summed E-state index contributed by atoms with van der Waals surface area (Å²) in [6.07, 6.45) is 9.92. The van der Waals surface area contributed by atoms with Crippen LogP contribution in [-0.2, 0) is 12.1 Å². The van der Waals surface area contributed by atoms with Crippen molar-refractivity contribution in [3.05, 3.63) is 53.9 Å². The van der Waals surface area contributed by atoms with Gasteiger partial charge in [-0.25, -0.2) is 0 Å². The normalized spacial score (nSPS) is 25.9. The van der Waals surface area contributed by atoms with E-state index in [4.69, 9.17) is 5.73 Å².